The number of rotatable bonds is 6. The Morgan fingerprint density at radius 3 is 2.52 bits per heavy atom. The molecule has 29 heavy (non-hydrogen) atoms. The number of fused-ring (bicyclic) bond motifs is 1. The lowest BCUT2D eigenvalue weighted by atomic mass is 10.1. The topological polar surface area (TPSA) is 49.3 Å². The zero-order valence-corrected chi connectivity index (χ0v) is 20.1. The predicted octanol–water partition coefficient (Wildman–Crippen LogP) is 3.56. The van der Waals surface area contributed by atoms with Crippen molar-refractivity contribution in [2.75, 3.05) is 53.4 Å². The Hall–Kier alpha value is -2.00. The molecule has 1 heterocycles. The molecule has 0 aliphatic carbocycles. The second-order valence-electron chi connectivity index (χ2n) is 7.05. The summed E-state index contributed by atoms with van der Waals surface area (Å²) in [6, 6.07) is 14.8. The van der Waals surface area contributed by atoms with Gasteiger partial charge >= 0.3 is 0 Å². The first-order valence-electron chi connectivity index (χ1n) is 9.53. The van der Waals surface area contributed by atoms with Crippen LogP contribution in [0.1, 0.15) is 17.2 Å². The molecule has 0 spiro atoms. The molecule has 1 unspecified atom stereocenters. The number of hydrogen-bond acceptors (Lipinski definition) is 4. The molecule has 1 aliphatic heterocycles. The molecule has 0 saturated carbocycles. The highest BCUT2D eigenvalue weighted by Gasteiger charge is 2.24. The van der Waals surface area contributed by atoms with Crippen LogP contribution in [-0.2, 0) is 6.42 Å². The average Bonchev–Trinajstić information content (AvgIpc) is 3.14. The van der Waals surface area contributed by atoms with E-state index in [0.717, 1.165) is 42.5 Å². The van der Waals surface area contributed by atoms with Gasteiger partial charge in [-0.05, 0) is 49.8 Å². The minimum atomic E-state index is 0. The molecule has 158 valence electrons. The number of ether oxygens (including phenoxy) is 2. The zero-order valence-electron chi connectivity index (χ0n) is 17.8. The summed E-state index contributed by atoms with van der Waals surface area (Å²) < 4.78 is 10.8. The van der Waals surface area contributed by atoms with Crippen LogP contribution in [0.2, 0.25) is 0 Å². The van der Waals surface area contributed by atoms with Crippen molar-refractivity contribution >= 4 is 35.6 Å². The van der Waals surface area contributed by atoms with E-state index < -0.39 is 0 Å². The number of para-hydroxylation sites is 1. The standard InChI is InChI=1S/C22H30N4O2.HI/c1-23-22(26-13-12-16-8-6-7-9-18(16)26)24-15-19(25(2)3)17-10-11-20(27-4)21(14-17)28-5;/h6-11,14,19H,12-13,15H2,1-5H3,(H,23,24);1H. The number of likely N-dealkylation sites (N-methyl/N-ethyl adjacent to an activating group) is 1. The fraction of sp³-hybridized carbons (Fsp3) is 0.409. The number of hydrogen-bond donors (Lipinski definition) is 1. The Bertz CT molecular complexity index is 841. The van der Waals surface area contributed by atoms with Gasteiger partial charge in [0, 0.05) is 25.8 Å². The fourth-order valence-corrected chi connectivity index (χ4v) is 3.70. The highest BCUT2D eigenvalue weighted by atomic mass is 127. The number of halogens is 1. The first-order chi connectivity index (χ1) is 13.6. The molecule has 1 atom stereocenters. The average molecular weight is 510 g/mol. The minimum Gasteiger partial charge on any atom is -0.493 e. The van der Waals surface area contributed by atoms with Gasteiger partial charge in [0.2, 0.25) is 0 Å². The van der Waals surface area contributed by atoms with E-state index in [0.29, 0.717) is 0 Å². The maximum absolute atomic E-state index is 5.48. The van der Waals surface area contributed by atoms with E-state index in [-0.39, 0.29) is 30.0 Å². The van der Waals surface area contributed by atoms with Crippen molar-refractivity contribution in [3.63, 3.8) is 0 Å². The second kappa shape index (κ2) is 10.7. The molecule has 7 heteroatoms. The van der Waals surface area contributed by atoms with E-state index in [1.54, 1.807) is 14.2 Å². The molecule has 0 amide bonds. The Morgan fingerprint density at radius 2 is 1.86 bits per heavy atom. The van der Waals surface area contributed by atoms with Crippen molar-refractivity contribution in [1.29, 1.82) is 0 Å². The minimum absolute atomic E-state index is 0. The van der Waals surface area contributed by atoms with Crippen LogP contribution in [0.3, 0.4) is 0 Å². The molecule has 1 N–H and O–H groups in total. The molecule has 2 aromatic rings. The maximum Gasteiger partial charge on any atom is 0.198 e. The van der Waals surface area contributed by atoms with E-state index in [9.17, 15) is 0 Å². The molecule has 0 radical (unpaired) electrons. The smallest absolute Gasteiger partial charge is 0.198 e. The lowest BCUT2D eigenvalue weighted by Crippen LogP contribution is -2.44. The molecule has 0 fully saturated rings. The normalized spacial score (nSPS) is 14.3. The van der Waals surface area contributed by atoms with Crippen LogP contribution in [-0.4, -0.2) is 59.3 Å². The van der Waals surface area contributed by atoms with Crippen molar-refractivity contribution in [2.24, 2.45) is 4.99 Å². The zero-order chi connectivity index (χ0) is 20.1. The van der Waals surface area contributed by atoms with E-state index in [1.807, 2.05) is 19.2 Å². The number of nitrogens with one attached hydrogen (secondary N) is 1. The van der Waals surface area contributed by atoms with E-state index >= 15 is 0 Å². The molecular formula is C22H31IN4O2. The van der Waals surface area contributed by atoms with E-state index in [2.05, 4.69) is 64.5 Å². The third kappa shape index (κ3) is 5.14. The Morgan fingerprint density at radius 1 is 1.14 bits per heavy atom. The summed E-state index contributed by atoms with van der Waals surface area (Å²) in [7, 11) is 9.32. The molecule has 2 aromatic carbocycles. The van der Waals surface area contributed by atoms with Crippen molar-refractivity contribution in [3.8, 4) is 11.5 Å². The monoisotopic (exact) mass is 510 g/mol. The quantitative estimate of drug-likeness (QED) is 0.366. The van der Waals surface area contributed by atoms with Gasteiger partial charge in [-0.25, -0.2) is 0 Å². The van der Waals surface area contributed by atoms with Crippen LogP contribution < -0.4 is 19.7 Å². The number of methoxy groups -OCH3 is 2. The van der Waals surface area contributed by atoms with Crippen molar-refractivity contribution in [3.05, 3.63) is 53.6 Å². The van der Waals surface area contributed by atoms with Crippen LogP contribution in [0.15, 0.2) is 47.5 Å². The van der Waals surface area contributed by atoms with Gasteiger partial charge in [-0.2, -0.15) is 0 Å². The number of guanidine groups is 1. The third-order valence-corrected chi connectivity index (χ3v) is 5.22. The molecule has 6 nitrogen and oxygen atoms in total. The molecule has 1 aliphatic rings. The van der Waals surface area contributed by atoms with Crippen molar-refractivity contribution in [2.45, 2.75) is 12.5 Å². The summed E-state index contributed by atoms with van der Waals surface area (Å²) in [6.07, 6.45) is 1.05. The Balaban J connectivity index is 0.00000300. The van der Waals surface area contributed by atoms with Crippen molar-refractivity contribution in [1.82, 2.24) is 10.2 Å². The Kier molecular flexibility index (Phi) is 8.58. The SMILES string of the molecule is CN=C(NCC(c1ccc(OC)c(OC)c1)N(C)C)N1CCc2ccccc21.I. The van der Waals surface area contributed by atoms with Gasteiger partial charge in [0.1, 0.15) is 0 Å². The lowest BCUT2D eigenvalue weighted by Gasteiger charge is -2.29. The predicted molar refractivity (Wildman–Crippen MR) is 130 cm³/mol. The van der Waals surface area contributed by atoms with Crippen molar-refractivity contribution < 1.29 is 9.47 Å². The van der Waals surface area contributed by atoms with Gasteiger partial charge in [-0.15, -0.1) is 24.0 Å². The number of anilines is 1. The first-order valence-corrected chi connectivity index (χ1v) is 9.53. The summed E-state index contributed by atoms with van der Waals surface area (Å²) in [5.74, 6) is 2.38. The highest BCUT2D eigenvalue weighted by Crippen LogP contribution is 2.31. The number of benzene rings is 2. The van der Waals surface area contributed by atoms with Crippen LogP contribution >= 0.6 is 24.0 Å². The fourth-order valence-electron chi connectivity index (χ4n) is 3.70. The maximum atomic E-state index is 5.48. The van der Waals surface area contributed by atoms with E-state index in [1.165, 1.54) is 11.3 Å². The highest BCUT2D eigenvalue weighted by molar-refractivity contribution is 14.0. The summed E-state index contributed by atoms with van der Waals surface area (Å²) in [5.41, 5.74) is 3.77. The molecule has 0 saturated heterocycles. The van der Waals surface area contributed by atoms with E-state index in [4.69, 9.17) is 9.47 Å². The molecule has 0 aromatic heterocycles. The van der Waals surface area contributed by atoms with Crippen LogP contribution in [0.4, 0.5) is 5.69 Å². The van der Waals surface area contributed by atoms with Gasteiger partial charge in [0.15, 0.2) is 17.5 Å². The largest absolute Gasteiger partial charge is 0.493 e. The van der Waals surface area contributed by atoms with Gasteiger partial charge in [0.25, 0.3) is 0 Å². The van der Waals surface area contributed by atoms with Crippen LogP contribution in [0.25, 0.3) is 0 Å². The number of aliphatic imine (C=N–C) groups is 1. The van der Waals surface area contributed by atoms with Crippen LogP contribution in [0.5, 0.6) is 11.5 Å². The summed E-state index contributed by atoms with van der Waals surface area (Å²) in [6.45, 7) is 1.68. The molecular weight excluding hydrogens is 479 g/mol. The molecule has 3 rings (SSSR count). The number of nitrogens with zero attached hydrogens (tertiary/aromatic N) is 3. The Labute approximate surface area is 190 Å². The van der Waals surface area contributed by atoms with Gasteiger partial charge in [-0.1, -0.05) is 24.3 Å². The lowest BCUT2D eigenvalue weighted by molar-refractivity contribution is 0.296. The summed E-state index contributed by atoms with van der Waals surface area (Å²) in [4.78, 5) is 8.98. The summed E-state index contributed by atoms with van der Waals surface area (Å²) >= 11 is 0. The summed E-state index contributed by atoms with van der Waals surface area (Å²) in [5, 5.41) is 3.56. The van der Waals surface area contributed by atoms with Gasteiger partial charge in [0.05, 0.1) is 20.3 Å². The van der Waals surface area contributed by atoms with Crippen LogP contribution in [0, 0.1) is 0 Å². The molecule has 0 bridgehead atoms. The van der Waals surface area contributed by atoms with Gasteiger partial charge < -0.3 is 24.6 Å². The second-order valence-corrected chi connectivity index (χ2v) is 7.05. The first kappa shape index (κ1) is 23.3. The van der Waals surface area contributed by atoms with Gasteiger partial charge in [-0.3, -0.25) is 4.99 Å². The third-order valence-electron chi connectivity index (χ3n) is 5.22.